The molecular weight excluding hydrogens is 410 g/mol. The van der Waals surface area contributed by atoms with Gasteiger partial charge in [-0.3, -0.25) is 4.79 Å². The molecule has 1 aliphatic carbocycles. The zero-order chi connectivity index (χ0) is 23.9. The third-order valence-corrected chi connectivity index (χ3v) is 6.27. The quantitative estimate of drug-likeness (QED) is 0.472. The summed E-state index contributed by atoms with van der Waals surface area (Å²) in [7, 11) is 0. The minimum absolute atomic E-state index is 0.183. The molecule has 4 heteroatoms. The van der Waals surface area contributed by atoms with Gasteiger partial charge in [-0.25, -0.2) is 4.79 Å². The first-order chi connectivity index (χ1) is 16.0. The third kappa shape index (κ3) is 10.2. The van der Waals surface area contributed by atoms with Gasteiger partial charge in [0.25, 0.3) is 5.91 Å². The van der Waals surface area contributed by atoms with E-state index >= 15 is 0 Å². The number of ether oxygens (including phenoxy) is 1. The zero-order valence-electron chi connectivity index (χ0n) is 20.7. The highest BCUT2D eigenvalue weighted by molar-refractivity contribution is 5.94. The largest absolute Gasteiger partial charge is 0.462 e. The van der Waals surface area contributed by atoms with E-state index in [0.717, 1.165) is 43.3 Å². The van der Waals surface area contributed by atoms with Crippen LogP contribution in [-0.2, 0) is 4.74 Å². The Balaban J connectivity index is 0.000000188. The maximum Gasteiger partial charge on any atom is 0.338 e. The highest BCUT2D eigenvalue weighted by Crippen LogP contribution is 2.22. The summed E-state index contributed by atoms with van der Waals surface area (Å²) in [6.07, 6.45) is 9.71. The molecule has 33 heavy (non-hydrogen) atoms. The number of hydrogen-bond donors (Lipinski definition) is 0. The molecule has 0 unspecified atom stereocenters. The highest BCUT2D eigenvalue weighted by atomic mass is 16.5. The minimum atomic E-state index is -0.256. The van der Waals surface area contributed by atoms with Gasteiger partial charge in [0, 0.05) is 18.7 Å². The predicted octanol–water partition coefficient (Wildman–Crippen LogP) is 7.01. The van der Waals surface area contributed by atoms with Gasteiger partial charge in [0.1, 0.15) is 0 Å². The molecule has 4 nitrogen and oxygen atoms in total. The number of carbonyl (C=O) groups excluding carboxylic acids is 2. The molecule has 0 spiro atoms. The average Bonchev–Trinajstić information content (AvgIpc) is 2.87. The van der Waals surface area contributed by atoms with Gasteiger partial charge in [-0.05, 0) is 55.9 Å². The summed E-state index contributed by atoms with van der Waals surface area (Å²) in [4.78, 5) is 25.0. The summed E-state index contributed by atoms with van der Waals surface area (Å²) in [6, 6.07) is 18.5. The molecule has 4 rings (SSSR count). The van der Waals surface area contributed by atoms with Gasteiger partial charge in [-0.15, -0.1) is 0 Å². The number of esters is 1. The lowest BCUT2D eigenvalue weighted by Gasteiger charge is -2.30. The van der Waals surface area contributed by atoms with Gasteiger partial charge in [0.2, 0.25) is 0 Å². The van der Waals surface area contributed by atoms with Crippen LogP contribution < -0.4 is 0 Å². The van der Waals surface area contributed by atoms with E-state index in [4.69, 9.17) is 4.74 Å². The number of amides is 1. The summed E-state index contributed by atoms with van der Waals surface area (Å²) in [5, 5.41) is 0. The molecule has 1 amide bonds. The van der Waals surface area contributed by atoms with Crippen LogP contribution in [0.15, 0.2) is 60.7 Å². The molecule has 1 saturated carbocycles. The molecule has 1 aliphatic heterocycles. The van der Waals surface area contributed by atoms with Crippen LogP contribution in [-0.4, -0.2) is 36.5 Å². The monoisotopic (exact) mass is 451 g/mol. The standard InChI is InChI=1S/C13H17NO.C9H10O2.C7H14/c1-11-7-9-14(10-8-11)13(15)12-5-3-2-4-6-12;1-2-11-9(10)8-6-4-3-5-7-8;1-7-5-3-2-4-6-7/h2-6,11H,7-10H2,1H3;3-7H,2H2,1H3;7H,2-6H2,1H3. The highest BCUT2D eigenvalue weighted by Gasteiger charge is 2.20. The fraction of sp³-hybridized carbons (Fsp3) is 0.517. The molecule has 0 atom stereocenters. The Labute approximate surface area is 200 Å². The lowest BCUT2D eigenvalue weighted by Crippen LogP contribution is -2.37. The number of nitrogens with zero attached hydrogens (tertiary/aromatic N) is 1. The fourth-order valence-electron chi connectivity index (χ4n) is 4.07. The Hall–Kier alpha value is -2.62. The first-order valence-electron chi connectivity index (χ1n) is 12.6. The van der Waals surface area contributed by atoms with Crippen LogP contribution in [0.25, 0.3) is 0 Å². The van der Waals surface area contributed by atoms with Crippen LogP contribution >= 0.6 is 0 Å². The van der Waals surface area contributed by atoms with E-state index in [1.165, 1.54) is 32.1 Å². The molecule has 2 aliphatic rings. The van der Waals surface area contributed by atoms with Gasteiger partial charge in [-0.2, -0.15) is 0 Å². The first kappa shape index (κ1) is 26.6. The van der Waals surface area contributed by atoms with Gasteiger partial charge in [0.15, 0.2) is 0 Å². The van der Waals surface area contributed by atoms with Crippen molar-refractivity contribution < 1.29 is 14.3 Å². The SMILES string of the molecule is CC1CCCCC1.CC1CCN(C(=O)c2ccccc2)CC1.CCOC(=O)c1ccccc1. The summed E-state index contributed by atoms with van der Waals surface area (Å²) in [5.41, 5.74) is 1.42. The summed E-state index contributed by atoms with van der Waals surface area (Å²) >= 11 is 0. The maximum absolute atomic E-state index is 12.0. The van der Waals surface area contributed by atoms with Crippen molar-refractivity contribution in [1.29, 1.82) is 0 Å². The van der Waals surface area contributed by atoms with Crippen LogP contribution in [0.5, 0.6) is 0 Å². The zero-order valence-corrected chi connectivity index (χ0v) is 20.7. The smallest absolute Gasteiger partial charge is 0.338 e. The second-order valence-electron chi connectivity index (χ2n) is 9.17. The Bertz CT molecular complexity index is 792. The van der Waals surface area contributed by atoms with Crippen LogP contribution in [0, 0.1) is 11.8 Å². The van der Waals surface area contributed by atoms with Crippen LogP contribution in [0.1, 0.15) is 86.4 Å². The van der Waals surface area contributed by atoms with E-state index < -0.39 is 0 Å². The number of benzene rings is 2. The Kier molecular flexibility index (Phi) is 12.3. The number of rotatable bonds is 3. The van der Waals surface area contributed by atoms with Crippen molar-refractivity contribution in [2.75, 3.05) is 19.7 Å². The number of hydrogen-bond acceptors (Lipinski definition) is 3. The van der Waals surface area contributed by atoms with Crippen molar-refractivity contribution in [2.24, 2.45) is 11.8 Å². The van der Waals surface area contributed by atoms with Gasteiger partial charge < -0.3 is 9.64 Å². The Morgan fingerprint density at radius 2 is 1.24 bits per heavy atom. The Morgan fingerprint density at radius 3 is 1.70 bits per heavy atom. The van der Waals surface area contributed by atoms with Crippen molar-refractivity contribution >= 4 is 11.9 Å². The topological polar surface area (TPSA) is 46.6 Å². The first-order valence-corrected chi connectivity index (χ1v) is 12.6. The molecular formula is C29H41NO3. The number of likely N-dealkylation sites (tertiary alicyclic amines) is 1. The lowest BCUT2D eigenvalue weighted by atomic mass is 9.91. The summed E-state index contributed by atoms with van der Waals surface area (Å²) in [5.74, 6) is 1.73. The van der Waals surface area contributed by atoms with Crippen molar-refractivity contribution in [3.05, 3.63) is 71.8 Å². The van der Waals surface area contributed by atoms with E-state index in [-0.39, 0.29) is 11.9 Å². The van der Waals surface area contributed by atoms with E-state index in [9.17, 15) is 9.59 Å². The molecule has 1 saturated heterocycles. The second kappa shape index (κ2) is 15.3. The molecule has 0 N–H and O–H groups in total. The normalized spacial score (nSPS) is 16.5. The summed E-state index contributed by atoms with van der Waals surface area (Å²) in [6.45, 7) is 8.65. The molecule has 2 aromatic carbocycles. The summed E-state index contributed by atoms with van der Waals surface area (Å²) < 4.78 is 4.79. The Morgan fingerprint density at radius 1 is 0.758 bits per heavy atom. The van der Waals surface area contributed by atoms with Crippen LogP contribution in [0.4, 0.5) is 0 Å². The molecule has 0 aromatic heterocycles. The predicted molar refractivity (Wildman–Crippen MR) is 135 cm³/mol. The fourth-order valence-corrected chi connectivity index (χ4v) is 4.07. The van der Waals surface area contributed by atoms with E-state index in [1.807, 2.05) is 53.4 Å². The molecule has 1 heterocycles. The van der Waals surface area contributed by atoms with Crippen molar-refractivity contribution in [2.45, 2.75) is 65.7 Å². The molecule has 0 bridgehead atoms. The van der Waals surface area contributed by atoms with E-state index in [1.54, 1.807) is 19.1 Å². The second-order valence-corrected chi connectivity index (χ2v) is 9.17. The van der Waals surface area contributed by atoms with Crippen LogP contribution in [0.3, 0.4) is 0 Å². The maximum atomic E-state index is 12.0. The molecule has 0 radical (unpaired) electrons. The van der Waals surface area contributed by atoms with Crippen molar-refractivity contribution in [1.82, 2.24) is 4.90 Å². The van der Waals surface area contributed by atoms with Crippen molar-refractivity contribution in [3.63, 3.8) is 0 Å². The van der Waals surface area contributed by atoms with Gasteiger partial charge >= 0.3 is 5.97 Å². The van der Waals surface area contributed by atoms with Crippen molar-refractivity contribution in [3.8, 4) is 0 Å². The number of carbonyl (C=O) groups is 2. The number of piperidine rings is 1. The molecule has 180 valence electrons. The van der Waals surface area contributed by atoms with Gasteiger partial charge in [-0.1, -0.05) is 82.3 Å². The lowest BCUT2D eigenvalue weighted by molar-refractivity contribution is 0.0526. The third-order valence-electron chi connectivity index (χ3n) is 6.27. The molecule has 2 aromatic rings. The minimum Gasteiger partial charge on any atom is -0.462 e. The van der Waals surface area contributed by atoms with E-state index in [0.29, 0.717) is 12.2 Å². The van der Waals surface area contributed by atoms with Gasteiger partial charge in [0.05, 0.1) is 12.2 Å². The van der Waals surface area contributed by atoms with E-state index in [2.05, 4.69) is 13.8 Å². The molecule has 2 fully saturated rings. The average molecular weight is 452 g/mol. The van der Waals surface area contributed by atoms with Crippen LogP contribution in [0.2, 0.25) is 0 Å².